The van der Waals surface area contributed by atoms with E-state index in [-0.39, 0.29) is 5.41 Å². The van der Waals surface area contributed by atoms with Crippen molar-refractivity contribution in [2.45, 2.75) is 34.5 Å². The molecule has 3 heterocycles. The zero-order chi connectivity index (χ0) is 60.1. The van der Waals surface area contributed by atoms with Gasteiger partial charge in [-0.3, -0.25) is 0 Å². The fraction of sp³-hybridized carbons (Fsp3) is 0.0465. The predicted octanol–water partition coefficient (Wildman–Crippen LogP) is 24.0. The average Bonchev–Trinajstić information content (AvgIpc) is 1.57. The van der Waals surface area contributed by atoms with Gasteiger partial charge < -0.3 is 18.6 Å². The van der Waals surface area contributed by atoms with Gasteiger partial charge in [0, 0.05) is 82.5 Å². The third kappa shape index (κ3) is 7.65. The zero-order valence-corrected chi connectivity index (χ0v) is 50.8. The molecule has 0 saturated carbocycles. The van der Waals surface area contributed by atoms with Gasteiger partial charge in [0.15, 0.2) is 0 Å². The van der Waals surface area contributed by atoms with Crippen molar-refractivity contribution in [3.05, 3.63) is 337 Å². The number of rotatable bonds is 8. The third-order valence-corrected chi connectivity index (χ3v) is 21.0. The van der Waals surface area contributed by atoms with Gasteiger partial charge in [-0.25, -0.2) is 0 Å². The molecule has 14 aromatic carbocycles. The molecule has 2 aromatic heterocycles. The summed E-state index contributed by atoms with van der Waals surface area (Å²) < 4.78 is 13.5. The Hall–Kier alpha value is -11.1. The Morgan fingerprint density at radius 1 is 0.275 bits per heavy atom. The van der Waals surface area contributed by atoms with Crippen molar-refractivity contribution in [3.8, 4) is 44.5 Å². The van der Waals surface area contributed by atoms with Gasteiger partial charge in [-0.1, -0.05) is 226 Å². The van der Waals surface area contributed by atoms with Gasteiger partial charge in [0.2, 0.25) is 0 Å². The maximum Gasteiger partial charge on any atom is 0.143 e. The summed E-state index contributed by atoms with van der Waals surface area (Å²) >= 11 is 1.87. The van der Waals surface area contributed by atoms with Gasteiger partial charge in [0.25, 0.3) is 0 Å². The second-order valence-electron chi connectivity index (χ2n) is 25.1. The summed E-state index contributed by atoms with van der Waals surface area (Å²) in [6.45, 7) is 4.72. The molecule has 0 N–H and O–H groups in total. The minimum absolute atomic E-state index is 0.111. The van der Waals surface area contributed by atoms with Crippen LogP contribution in [-0.4, -0.2) is 0 Å². The molecular formula is C86H56N2O2S. The molecule has 5 heteroatoms. The molecule has 91 heavy (non-hydrogen) atoms. The Morgan fingerprint density at radius 3 is 1.59 bits per heavy atom. The first-order valence-electron chi connectivity index (χ1n) is 31.4. The summed E-state index contributed by atoms with van der Waals surface area (Å²) in [5.74, 6) is 0. The van der Waals surface area contributed by atoms with Crippen LogP contribution in [0.2, 0.25) is 0 Å². The highest BCUT2D eigenvalue weighted by Gasteiger charge is 2.51. The van der Waals surface area contributed by atoms with Crippen LogP contribution in [0.5, 0.6) is 0 Å². The molecule has 0 radical (unpaired) electrons. The minimum atomic E-state index is -0.670. The number of furan rings is 2. The molecule has 0 saturated heterocycles. The molecule has 0 fully saturated rings. The SMILES string of the molecule is CC1(C)c2ccccc2-c2ccc(-c3ccc(N(c4ccc5c(c4)Sc4ccc(N(c6ccccc6)c6ccc7c(c6)oc6ccccc67)cc4C54c5ccccc5-c5ccccc54)c4cc(-c5cccc6ccccc56)c5oc6ccccc6c5c4)cc3)cc21. The first-order valence-corrected chi connectivity index (χ1v) is 32.2. The van der Waals surface area contributed by atoms with Crippen molar-refractivity contribution >= 4 is 101 Å². The zero-order valence-electron chi connectivity index (χ0n) is 50.0. The predicted molar refractivity (Wildman–Crippen MR) is 378 cm³/mol. The Balaban J connectivity index is 0.818. The van der Waals surface area contributed by atoms with E-state index >= 15 is 0 Å². The van der Waals surface area contributed by atoms with E-state index in [0.717, 1.165) is 89.1 Å². The number of hydrogen-bond donors (Lipinski definition) is 0. The third-order valence-electron chi connectivity index (χ3n) is 19.9. The lowest BCUT2D eigenvalue weighted by Gasteiger charge is -2.41. The molecule has 0 bridgehead atoms. The second kappa shape index (κ2) is 19.7. The Labute approximate surface area is 531 Å². The van der Waals surface area contributed by atoms with Crippen LogP contribution in [0, 0.1) is 0 Å². The Kier molecular flexibility index (Phi) is 11.2. The van der Waals surface area contributed by atoms with Gasteiger partial charge >= 0.3 is 0 Å². The fourth-order valence-corrected chi connectivity index (χ4v) is 17.0. The molecule has 4 nitrogen and oxygen atoms in total. The van der Waals surface area contributed by atoms with Crippen molar-refractivity contribution in [2.75, 3.05) is 9.80 Å². The molecule has 0 unspecified atom stereocenters. The van der Waals surface area contributed by atoms with E-state index < -0.39 is 5.41 Å². The first-order chi connectivity index (χ1) is 44.8. The maximum absolute atomic E-state index is 6.96. The summed E-state index contributed by atoms with van der Waals surface area (Å²) in [6.07, 6.45) is 0. The molecule has 1 spiro atoms. The summed E-state index contributed by atoms with van der Waals surface area (Å²) in [5, 5.41) is 6.72. The van der Waals surface area contributed by atoms with Crippen molar-refractivity contribution in [3.63, 3.8) is 0 Å². The molecule has 428 valence electrons. The monoisotopic (exact) mass is 1180 g/mol. The van der Waals surface area contributed by atoms with E-state index in [1.807, 2.05) is 17.8 Å². The van der Waals surface area contributed by atoms with E-state index in [2.05, 4.69) is 321 Å². The molecule has 3 aliphatic rings. The normalized spacial score (nSPS) is 13.7. The van der Waals surface area contributed by atoms with Gasteiger partial charge in [-0.05, 0) is 180 Å². The van der Waals surface area contributed by atoms with Crippen LogP contribution in [0.15, 0.2) is 322 Å². The van der Waals surface area contributed by atoms with Gasteiger partial charge in [-0.2, -0.15) is 0 Å². The van der Waals surface area contributed by atoms with Crippen LogP contribution in [-0.2, 0) is 10.8 Å². The lowest BCUT2D eigenvalue weighted by atomic mass is 9.67. The molecule has 19 rings (SSSR count). The highest BCUT2D eigenvalue weighted by molar-refractivity contribution is 7.99. The Morgan fingerprint density at radius 2 is 0.813 bits per heavy atom. The fourth-order valence-electron chi connectivity index (χ4n) is 15.8. The van der Waals surface area contributed by atoms with Crippen LogP contribution in [0.3, 0.4) is 0 Å². The number of para-hydroxylation sites is 3. The van der Waals surface area contributed by atoms with E-state index in [1.165, 1.54) is 87.3 Å². The van der Waals surface area contributed by atoms with Gasteiger partial charge in [-0.15, -0.1) is 0 Å². The van der Waals surface area contributed by atoms with Crippen LogP contribution < -0.4 is 9.80 Å². The maximum atomic E-state index is 6.96. The van der Waals surface area contributed by atoms with Crippen molar-refractivity contribution in [2.24, 2.45) is 0 Å². The number of fused-ring (bicyclic) bond motifs is 19. The highest BCUT2D eigenvalue weighted by Crippen LogP contribution is 2.64. The quantitative estimate of drug-likeness (QED) is 0.151. The lowest BCUT2D eigenvalue weighted by molar-refractivity contribution is 0.660. The van der Waals surface area contributed by atoms with Crippen LogP contribution in [0.25, 0.3) is 99.2 Å². The standard InChI is InChI=1S/C86H56N2O2S/c1-85(2)73-30-13-8-24-64(73)67-43-37-55(47-77(67)85)53-35-38-57(39-36-53)88(61-48-71(63-29-18-20-54-19-6-7-23-62(54)63)84-72(49-61)69-28-12-17-34-80(69)90-84)60-41-45-76-83(52-60)91-82-46-42-58(50-78(82)86(76)74-31-14-9-25-65(74)66-26-10-15-32-75(66)86)87(56-21-4-3-5-22-56)59-40-44-70-68-27-11-16-33-79(68)89-81(70)51-59/h3-52H,1-2H3. The summed E-state index contributed by atoms with van der Waals surface area (Å²) in [6, 6.07) is 112. The van der Waals surface area contributed by atoms with E-state index in [9.17, 15) is 0 Å². The van der Waals surface area contributed by atoms with Crippen LogP contribution in [0.1, 0.15) is 47.2 Å². The van der Waals surface area contributed by atoms with E-state index in [0.29, 0.717) is 0 Å². The first kappa shape index (κ1) is 51.9. The topological polar surface area (TPSA) is 32.8 Å². The van der Waals surface area contributed by atoms with Crippen LogP contribution >= 0.6 is 11.8 Å². The summed E-state index contributed by atoms with van der Waals surface area (Å²) in [7, 11) is 0. The largest absolute Gasteiger partial charge is 0.456 e. The molecule has 1 aliphatic heterocycles. The summed E-state index contributed by atoms with van der Waals surface area (Å²) in [4.78, 5) is 7.27. The highest BCUT2D eigenvalue weighted by atomic mass is 32.2. The van der Waals surface area contributed by atoms with E-state index in [4.69, 9.17) is 8.83 Å². The average molecular weight is 1180 g/mol. The molecule has 0 atom stereocenters. The molecular weight excluding hydrogens is 1130 g/mol. The smallest absolute Gasteiger partial charge is 0.143 e. The Bertz CT molecular complexity index is 5650. The second-order valence-corrected chi connectivity index (χ2v) is 26.1. The number of nitrogens with zero attached hydrogens (tertiary/aromatic N) is 2. The van der Waals surface area contributed by atoms with Crippen LogP contribution in [0.4, 0.5) is 34.1 Å². The van der Waals surface area contributed by atoms with Crippen molar-refractivity contribution < 1.29 is 8.83 Å². The van der Waals surface area contributed by atoms with Gasteiger partial charge in [0.05, 0.1) is 5.41 Å². The van der Waals surface area contributed by atoms with Gasteiger partial charge in [0.1, 0.15) is 22.3 Å². The van der Waals surface area contributed by atoms with E-state index in [1.54, 1.807) is 0 Å². The minimum Gasteiger partial charge on any atom is -0.456 e. The number of anilines is 6. The molecule has 0 amide bonds. The van der Waals surface area contributed by atoms with Crippen molar-refractivity contribution in [1.82, 2.24) is 0 Å². The number of benzene rings is 14. The number of hydrogen-bond acceptors (Lipinski definition) is 5. The lowest BCUT2D eigenvalue weighted by Crippen LogP contribution is -2.32. The molecule has 16 aromatic rings. The summed E-state index contributed by atoms with van der Waals surface area (Å²) in [5.41, 5.74) is 26.5. The molecule has 2 aliphatic carbocycles. The van der Waals surface area contributed by atoms with Crippen molar-refractivity contribution in [1.29, 1.82) is 0 Å².